The fourth-order valence-electron chi connectivity index (χ4n) is 1.35. The van der Waals surface area contributed by atoms with E-state index in [1.807, 2.05) is 0 Å². The van der Waals surface area contributed by atoms with Crippen molar-refractivity contribution < 1.29 is 4.79 Å². The van der Waals surface area contributed by atoms with Crippen LogP contribution in [0.1, 0.15) is 12.0 Å². The zero-order chi connectivity index (χ0) is 13.3. The van der Waals surface area contributed by atoms with Gasteiger partial charge in [-0.15, -0.1) is 0 Å². The van der Waals surface area contributed by atoms with Gasteiger partial charge in [0.2, 0.25) is 5.91 Å². The van der Waals surface area contributed by atoms with Gasteiger partial charge in [0.05, 0.1) is 17.7 Å². The first-order valence-corrected chi connectivity index (χ1v) is 5.01. The Labute approximate surface area is 102 Å². The lowest BCUT2D eigenvalue weighted by Crippen LogP contribution is -2.41. The van der Waals surface area contributed by atoms with E-state index in [0.717, 1.165) is 9.13 Å². The normalized spacial score (nSPS) is 10.2. The van der Waals surface area contributed by atoms with E-state index in [0.29, 0.717) is 0 Å². The average Bonchev–Trinajstić information content (AvgIpc) is 2.23. The Balaban J connectivity index is 3.56. The summed E-state index contributed by atoms with van der Waals surface area (Å²) >= 11 is 4.91. The molecule has 0 aliphatic heterocycles. The number of primary amides is 1. The van der Waals surface area contributed by atoms with E-state index in [4.69, 9.17) is 23.8 Å². The summed E-state index contributed by atoms with van der Waals surface area (Å²) in [6.45, 7) is 0. The van der Waals surface area contributed by atoms with Gasteiger partial charge in [0.15, 0.2) is 0 Å². The van der Waals surface area contributed by atoms with Gasteiger partial charge in [-0.25, -0.2) is 4.79 Å². The summed E-state index contributed by atoms with van der Waals surface area (Å²) in [6, 6.07) is 0. The van der Waals surface area contributed by atoms with E-state index in [9.17, 15) is 14.4 Å². The molecule has 0 saturated carbocycles. The predicted octanol–water partition coefficient (Wildman–Crippen LogP) is -1.77. The van der Waals surface area contributed by atoms with Gasteiger partial charge in [0, 0.05) is 14.1 Å². The Morgan fingerprint density at radius 1 is 1.35 bits per heavy atom. The van der Waals surface area contributed by atoms with Crippen molar-refractivity contribution in [3.63, 3.8) is 0 Å². The molecule has 92 valence electrons. The number of nitrogens with two attached hydrogens (primary N) is 1. The standard InChI is InChI=1S/C9H12N4O3S/c1-12-7(15)6(4(10)3-5(11)14)8(17)13(2)9(12)16/h10,17H,3H2,1-2H3,(H2,11,14)/p-1. The van der Waals surface area contributed by atoms with Gasteiger partial charge in [-0.05, 0) is 0 Å². The van der Waals surface area contributed by atoms with Crippen molar-refractivity contribution in [1.29, 1.82) is 5.41 Å². The van der Waals surface area contributed by atoms with Gasteiger partial charge in [-0.2, -0.15) is 0 Å². The second kappa shape index (κ2) is 4.50. The maximum Gasteiger partial charge on any atom is 0.329 e. The number of carbonyl (C=O) groups is 1. The third-order valence-corrected chi connectivity index (χ3v) is 2.74. The van der Waals surface area contributed by atoms with Crippen molar-refractivity contribution in [1.82, 2.24) is 9.13 Å². The molecular formula is C9H11N4O3S-. The number of aromatic nitrogens is 2. The van der Waals surface area contributed by atoms with Gasteiger partial charge >= 0.3 is 5.69 Å². The van der Waals surface area contributed by atoms with Crippen molar-refractivity contribution >= 4 is 24.2 Å². The highest BCUT2D eigenvalue weighted by atomic mass is 32.1. The monoisotopic (exact) mass is 255 g/mol. The summed E-state index contributed by atoms with van der Waals surface area (Å²) in [5, 5.41) is 7.54. The second-order valence-corrected chi connectivity index (χ2v) is 3.89. The van der Waals surface area contributed by atoms with E-state index in [1.165, 1.54) is 14.1 Å². The fourth-order valence-corrected chi connectivity index (χ4v) is 1.64. The van der Waals surface area contributed by atoms with Gasteiger partial charge in [-0.1, -0.05) is 5.03 Å². The fraction of sp³-hybridized carbons (Fsp3) is 0.333. The highest BCUT2D eigenvalue weighted by molar-refractivity contribution is 7.58. The molecule has 0 radical (unpaired) electrons. The minimum absolute atomic E-state index is 0.0654. The maximum absolute atomic E-state index is 11.8. The zero-order valence-corrected chi connectivity index (χ0v) is 10.1. The van der Waals surface area contributed by atoms with Crippen LogP contribution in [-0.4, -0.2) is 20.8 Å². The molecule has 1 aromatic rings. The molecular weight excluding hydrogens is 244 g/mol. The number of amides is 1. The maximum atomic E-state index is 11.8. The van der Waals surface area contributed by atoms with Gasteiger partial charge in [-0.3, -0.25) is 14.2 Å². The van der Waals surface area contributed by atoms with Crippen LogP contribution in [-0.2, 0) is 31.5 Å². The lowest BCUT2D eigenvalue weighted by atomic mass is 10.1. The lowest BCUT2D eigenvalue weighted by molar-refractivity contribution is -0.116. The number of nitrogens with one attached hydrogen (secondary N) is 1. The number of hydrogen-bond donors (Lipinski definition) is 2. The molecule has 1 aromatic heterocycles. The predicted molar refractivity (Wildman–Crippen MR) is 63.2 cm³/mol. The zero-order valence-electron chi connectivity index (χ0n) is 9.31. The highest BCUT2D eigenvalue weighted by Crippen LogP contribution is 2.03. The van der Waals surface area contributed by atoms with Crippen LogP contribution < -0.4 is 17.0 Å². The summed E-state index contributed by atoms with van der Waals surface area (Å²) < 4.78 is 1.91. The van der Waals surface area contributed by atoms with Crippen LogP contribution in [0, 0.1) is 5.41 Å². The van der Waals surface area contributed by atoms with Crippen LogP contribution in [0.15, 0.2) is 14.6 Å². The number of rotatable bonds is 3. The molecule has 0 unspecified atom stereocenters. The average molecular weight is 255 g/mol. The first-order valence-electron chi connectivity index (χ1n) is 4.60. The van der Waals surface area contributed by atoms with Crippen LogP contribution in [0.2, 0.25) is 0 Å². The highest BCUT2D eigenvalue weighted by Gasteiger charge is 2.14. The lowest BCUT2D eigenvalue weighted by Gasteiger charge is -2.19. The van der Waals surface area contributed by atoms with Crippen molar-refractivity contribution in [2.75, 3.05) is 0 Å². The number of nitrogens with zero attached hydrogens (tertiary/aromatic N) is 2. The topological polar surface area (TPSA) is 111 Å². The molecule has 8 heteroatoms. The summed E-state index contributed by atoms with van der Waals surface area (Å²) in [6.07, 6.45) is -0.392. The first-order chi connectivity index (χ1) is 7.77. The Morgan fingerprint density at radius 2 is 1.88 bits per heavy atom. The smallest absolute Gasteiger partial charge is 0.329 e. The van der Waals surface area contributed by atoms with E-state index in [2.05, 4.69) is 0 Å². The molecule has 0 spiro atoms. The van der Waals surface area contributed by atoms with Crippen molar-refractivity contribution in [3.05, 3.63) is 26.4 Å². The molecule has 17 heavy (non-hydrogen) atoms. The third-order valence-electron chi connectivity index (χ3n) is 2.26. The molecule has 7 nitrogen and oxygen atoms in total. The van der Waals surface area contributed by atoms with Crippen LogP contribution in [0.3, 0.4) is 0 Å². The van der Waals surface area contributed by atoms with Crippen LogP contribution in [0.4, 0.5) is 0 Å². The van der Waals surface area contributed by atoms with E-state index < -0.39 is 23.6 Å². The molecule has 0 saturated heterocycles. The summed E-state index contributed by atoms with van der Waals surface area (Å²) in [4.78, 5) is 34.0. The molecule has 1 amide bonds. The Morgan fingerprint density at radius 3 is 2.35 bits per heavy atom. The molecule has 0 fully saturated rings. The van der Waals surface area contributed by atoms with Crippen molar-refractivity contribution in [3.8, 4) is 0 Å². The molecule has 1 heterocycles. The summed E-state index contributed by atoms with van der Waals surface area (Å²) in [5.74, 6) is -0.736. The molecule has 0 aliphatic carbocycles. The Hall–Kier alpha value is -1.96. The molecule has 1 rings (SSSR count). The SMILES string of the molecule is Cn1c([S-])c(C(=N)CC(N)=O)c(=O)n(C)c1=O. The Bertz CT molecular complexity index is 614. The van der Waals surface area contributed by atoms with Crippen LogP contribution in [0.5, 0.6) is 0 Å². The summed E-state index contributed by atoms with van der Waals surface area (Å²) in [7, 11) is 2.67. The van der Waals surface area contributed by atoms with Crippen LogP contribution in [0.25, 0.3) is 0 Å². The quantitative estimate of drug-likeness (QED) is 0.378. The van der Waals surface area contributed by atoms with Crippen molar-refractivity contribution in [2.24, 2.45) is 19.8 Å². The van der Waals surface area contributed by atoms with Gasteiger partial charge in [0.25, 0.3) is 5.56 Å². The molecule has 0 atom stereocenters. The minimum Gasteiger partial charge on any atom is -0.761 e. The molecule has 3 N–H and O–H groups in total. The number of hydrogen-bond acceptors (Lipinski definition) is 5. The largest absolute Gasteiger partial charge is 0.761 e. The van der Waals surface area contributed by atoms with E-state index in [1.54, 1.807) is 0 Å². The first kappa shape index (κ1) is 13.1. The molecule has 0 aromatic carbocycles. The Kier molecular flexibility index (Phi) is 3.47. The molecule has 0 bridgehead atoms. The number of carbonyl (C=O) groups excluding carboxylic acids is 1. The van der Waals surface area contributed by atoms with Crippen LogP contribution >= 0.6 is 0 Å². The van der Waals surface area contributed by atoms with E-state index >= 15 is 0 Å². The summed E-state index contributed by atoms with van der Waals surface area (Å²) in [5.41, 5.74) is 3.27. The van der Waals surface area contributed by atoms with E-state index in [-0.39, 0.29) is 16.3 Å². The minimum atomic E-state index is -0.736. The van der Waals surface area contributed by atoms with Gasteiger partial charge < -0.3 is 28.3 Å². The van der Waals surface area contributed by atoms with Crippen molar-refractivity contribution in [2.45, 2.75) is 11.4 Å². The molecule has 0 aliphatic rings. The third kappa shape index (κ3) is 2.26. The second-order valence-electron chi connectivity index (χ2n) is 3.51. The van der Waals surface area contributed by atoms with Gasteiger partial charge in [0.1, 0.15) is 0 Å².